The summed E-state index contributed by atoms with van der Waals surface area (Å²) in [6.07, 6.45) is 1.56. The summed E-state index contributed by atoms with van der Waals surface area (Å²) in [5.74, 6) is -0.220. The van der Waals surface area contributed by atoms with Gasteiger partial charge in [0.15, 0.2) is 5.11 Å². The lowest BCUT2D eigenvalue weighted by molar-refractivity contribution is 0.0735. The molecule has 0 heterocycles. The molecule has 0 atom stereocenters. The maximum Gasteiger partial charge on any atom is 0.345 e. The fourth-order valence-corrected chi connectivity index (χ4v) is 2.98. The first-order valence-electron chi connectivity index (χ1n) is 8.44. The molecule has 3 aromatic carbocycles. The maximum absolute atomic E-state index is 12.3. The number of esters is 1. The summed E-state index contributed by atoms with van der Waals surface area (Å²) in [6, 6.07) is 21.0. The molecule has 0 radical (unpaired) electrons. The first-order valence-corrected chi connectivity index (χ1v) is 9.60. The number of rotatable bonds is 5. The molecule has 5 nitrogen and oxygen atoms in total. The second-order valence-electron chi connectivity index (χ2n) is 5.78. The normalized spacial score (nSPS) is 10.6. The van der Waals surface area contributed by atoms with E-state index in [2.05, 4.69) is 15.8 Å². The molecule has 0 saturated carbocycles. The third-order valence-electron chi connectivity index (χ3n) is 3.63. The minimum atomic E-state index is -0.577. The van der Waals surface area contributed by atoms with Gasteiger partial charge in [0.25, 0.3) is 0 Å². The van der Waals surface area contributed by atoms with Crippen LogP contribution in [0.3, 0.4) is 0 Å². The van der Waals surface area contributed by atoms with Gasteiger partial charge in [-0.1, -0.05) is 53.5 Å². The van der Waals surface area contributed by atoms with Crippen molar-refractivity contribution in [2.75, 3.05) is 5.32 Å². The van der Waals surface area contributed by atoms with Gasteiger partial charge in [-0.05, 0) is 60.2 Å². The van der Waals surface area contributed by atoms with E-state index in [1.165, 1.54) is 12.1 Å². The Bertz CT molecular complexity index is 1060. The molecule has 0 bridgehead atoms. The predicted molar refractivity (Wildman–Crippen MR) is 121 cm³/mol. The Hall–Kier alpha value is -2.93. The fraction of sp³-hybridized carbons (Fsp3) is 0. The zero-order valence-electron chi connectivity index (χ0n) is 14.9. The maximum atomic E-state index is 12.3. The highest BCUT2D eigenvalue weighted by molar-refractivity contribution is 7.80. The van der Waals surface area contributed by atoms with Gasteiger partial charge < -0.3 is 10.1 Å². The molecule has 0 spiro atoms. The smallest absolute Gasteiger partial charge is 0.345 e. The molecule has 8 heteroatoms. The molecular weight excluding hydrogens is 429 g/mol. The zero-order valence-corrected chi connectivity index (χ0v) is 17.3. The van der Waals surface area contributed by atoms with Crippen molar-refractivity contribution < 1.29 is 9.53 Å². The lowest BCUT2D eigenvalue weighted by atomic mass is 10.2. The number of benzene rings is 3. The molecule has 0 aliphatic rings. The monoisotopic (exact) mass is 443 g/mol. The van der Waals surface area contributed by atoms with Crippen LogP contribution in [-0.2, 0) is 0 Å². The zero-order chi connectivity index (χ0) is 20.6. The van der Waals surface area contributed by atoms with E-state index in [0.717, 1.165) is 5.69 Å². The van der Waals surface area contributed by atoms with Gasteiger partial charge in [-0.15, -0.1) is 0 Å². The Morgan fingerprint density at radius 2 is 1.79 bits per heavy atom. The van der Waals surface area contributed by atoms with Crippen molar-refractivity contribution in [2.24, 2.45) is 5.10 Å². The Labute approximate surface area is 183 Å². The molecule has 0 saturated heterocycles. The van der Waals surface area contributed by atoms with Crippen LogP contribution in [0, 0.1) is 0 Å². The number of hydrogen-bond acceptors (Lipinski definition) is 4. The minimum Gasteiger partial charge on any atom is -0.423 e. The van der Waals surface area contributed by atoms with Gasteiger partial charge in [-0.2, -0.15) is 5.10 Å². The van der Waals surface area contributed by atoms with Crippen molar-refractivity contribution >= 4 is 58.4 Å². The van der Waals surface area contributed by atoms with E-state index in [0.29, 0.717) is 21.4 Å². The first kappa shape index (κ1) is 20.8. The van der Waals surface area contributed by atoms with Gasteiger partial charge in [0, 0.05) is 10.7 Å². The number of carbonyl (C=O) groups is 1. The van der Waals surface area contributed by atoms with Crippen LogP contribution in [0.15, 0.2) is 77.9 Å². The molecule has 0 fully saturated rings. The number of halogens is 2. The van der Waals surface area contributed by atoms with Gasteiger partial charge in [0.05, 0.1) is 16.8 Å². The van der Waals surface area contributed by atoms with Crippen LogP contribution in [0.25, 0.3) is 0 Å². The molecule has 3 rings (SSSR count). The average molecular weight is 444 g/mol. The highest BCUT2D eigenvalue weighted by Crippen LogP contribution is 2.23. The average Bonchev–Trinajstić information content (AvgIpc) is 2.69. The van der Waals surface area contributed by atoms with Crippen LogP contribution in [0.2, 0.25) is 10.0 Å². The summed E-state index contributed by atoms with van der Waals surface area (Å²) < 4.78 is 5.38. The Morgan fingerprint density at radius 1 is 1.00 bits per heavy atom. The van der Waals surface area contributed by atoms with Crippen LogP contribution >= 0.6 is 35.4 Å². The molecule has 2 N–H and O–H groups in total. The largest absolute Gasteiger partial charge is 0.423 e. The van der Waals surface area contributed by atoms with Crippen LogP contribution < -0.4 is 15.5 Å². The Morgan fingerprint density at radius 3 is 2.55 bits per heavy atom. The third kappa shape index (κ3) is 6.29. The Kier molecular flexibility index (Phi) is 7.19. The molecule has 0 aliphatic carbocycles. The number of nitrogens with zero attached hydrogens (tertiary/aromatic N) is 1. The fourth-order valence-electron chi connectivity index (χ4n) is 2.32. The van der Waals surface area contributed by atoms with Crippen molar-refractivity contribution in [2.45, 2.75) is 0 Å². The lowest BCUT2D eigenvalue weighted by Crippen LogP contribution is -2.23. The van der Waals surface area contributed by atoms with Crippen molar-refractivity contribution in [3.05, 3.63) is 94.0 Å². The number of hydrazone groups is 1. The number of ether oxygens (including phenoxy) is 1. The van der Waals surface area contributed by atoms with Gasteiger partial charge in [0.2, 0.25) is 0 Å². The van der Waals surface area contributed by atoms with E-state index in [4.69, 9.17) is 40.2 Å². The number of thiocarbonyl (C=S) groups is 1. The lowest BCUT2D eigenvalue weighted by Gasteiger charge is -2.07. The highest BCUT2D eigenvalue weighted by atomic mass is 35.5. The summed E-state index contributed by atoms with van der Waals surface area (Å²) in [5, 5.41) is 8.11. The molecule has 0 amide bonds. The standard InChI is InChI=1S/C21H15Cl2N3O2S/c22-15-9-10-18(19(23)12-15)20(27)28-17-8-4-5-14(11-17)13-24-26-21(29)25-16-6-2-1-3-7-16/h1-13H,(H2,25,26,29)/b24-13-. The molecule has 0 aromatic heterocycles. The predicted octanol–water partition coefficient (Wildman–Crippen LogP) is 5.53. The van der Waals surface area contributed by atoms with Crippen LogP contribution in [-0.4, -0.2) is 17.3 Å². The molecular formula is C21H15Cl2N3O2S. The topological polar surface area (TPSA) is 62.7 Å². The van der Waals surface area contributed by atoms with Gasteiger partial charge in [-0.25, -0.2) is 4.79 Å². The van der Waals surface area contributed by atoms with E-state index in [1.807, 2.05) is 36.4 Å². The van der Waals surface area contributed by atoms with Crippen molar-refractivity contribution in [1.29, 1.82) is 0 Å². The molecule has 29 heavy (non-hydrogen) atoms. The molecule has 3 aromatic rings. The van der Waals surface area contributed by atoms with Gasteiger partial charge in [0.1, 0.15) is 5.75 Å². The molecule has 0 unspecified atom stereocenters. The van der Waals surface area contributed by atoms with E-state index < -0.39 is 5.97 Å². The number of anilines is 1. The summed E-state index contributed by atoms with van der Waals surface area (Å²) in [6.45, 7) is 0. The van der Waals surface area contributed by atoms with Crippen molar-refractivity contribution in [1.82, 2.24) is 5.43 Å². The van der Waals surface area contributed by atoms with E-state index in [1.54, 1.807) is 30.5 Å². The third-order valence-corrected chi connectivity index (χ3v) is 4.37. The number of carbonyl (C=O) groups excluding carboxylic acids is 1. The van der Waals surface area contributed by atoms with Gasteiger partial charge >= 0.3 is 5.97 Å². The summed E-state index contributed by atoms with van der Waals surface area (Å²) in [4.78, 5) is 12.3. The quantitative estimate of drug-likeness (QED) is 0.178. The minimum absolute atomic E-state index is 0.226. The van der Waals surface area contributed by atoms with E-state index in [-0.39, 0.29) is 10.6 Å². The summed E-state index contributed by atoms with van der Waals surface area (Å²) in [5.41, 5.74) is 4.53. The van der Waals surface area contributed by atoms with Gasteiger partial charge in [-0.3, -0.25) is 5.43 Å². The van der Waals surface area contributed by atoms with Crippen LogP contribution in [0.4, 0.5) is 5.69 Å². The van der Waals surface area contributed by atoms with Crippen LogP contribution in [0.5, 0.6) is 5.75 Å². The molecule has 146 valence electrons. The number of para-hydroxylation sites is 1. The number of hydrogen-bond donors (Lipinski definition) is 2. The SMILES string of the molecule is O=C(Oc1cccc(/C=N\NC(=S)Nc2ccccc2)c1)c1ccc(Cl)cc1Cl. The first-order chi connectivity index (χ1) is 14.0. The van der Waals surface area contributed by atoms with Crippen LogP contribution in [0.1, 0.15) is 15.9 Å². The van der Waals surface area contributed by atoms with E-state index >= 15 is 0 Å². The number of nitrogens with one attached hydrogen (secondary N) is 2. The highest BCUT2D eigenvalue weighted by Gasteiger charge is 2.13. The Balaban J connectivity index is 1.59. The van der Waals surface area contributed by atoms with E-state index in [9.17, 15) is 4.79 Å². The second kappa shape index (κ2) is 10.0. The van der Waals surface area contributed by atoms with Crippen molar-refractivity contribution in [3.63, 3.8) is 0 Å². The van der Waals surface area contributed by atoms with Crippen molar-refractivity contribution in [3.8, 4) is 5.75 Å². The summed E-state index contributed by atoms with van der Waals surface area (Å²) >= 11 is 17.1. The molecule has 0 aliphatic heterocycles. The second-order valence-corrected chi connectivity index (χ2v) is 7.03. The summed E-state index contributed by atoms with van der Waals surface area (Å²) in [7, 11) is 0.